The average molecular weight is 364 g/mol. The topological polar surface area (TPSA) is 49.3 Å². The van der Waals surface area contributed by atoms with E-state index in [1.807, 2.05) is 42.7 Å². The van der Waals surface area contributed by atoms with Gasteiger partial charge in [-0.25, -0.2) is 9.97 Å². The molecule has 1 aromatic carbocycles. The van der Waals surface area contributed by atoms with Crippen LogP contribution in [0.15, 0.2) is 42.7 Å². The van der Waals surface area contributed by atoms with Crippen LogP contribution in [-0.2, 0) is 17.8 Å². The van der Waals surface area contributed by atoms with Gasteiger partial charge in [-0.05, 0) is 37.8 Å². The molecule has 2 aliphatic rings. The summed E-state index contributed by atoms with van der Waals surface area (Å²) in [5, 5.41) is 0. The molecule has 5 nitrogen and oxygen atoms in total. The molecular weight excluding hydrogens is 336 g/mol. The molecule has 2 aliphatic heterocycles. The first-order valence-electron chi connectivity index (χ1n) is 10.1. The highest BCUT2D eigenvalue weighted by Gasteiger charge is 2.26. The van der Waals surface area contributed by atoms with Crippen LogP contribution in [0, 0.1) is 5.92 Å². The Kier molecular flexibility index (Phi) is 5.78. The number of likely N-dealkylation sites (tertiary alicyclic amines) is 1. The average Bonchev–Trinajstić information content (AvgIpc) is 3.24. The number of benzene rings is 1. The standard InChI is InChI=1S/C22H28N4O/c27-21(13-18-7-2-1-3-8-18)20-9-6-10-25(17-20)16-19-14-23-22(24-15-19)26-11-4-5-12-26/h1-3,7-8,14-15,20H,4-6,9-13,16-17H2/t20-/m0/s1. The number of ketones is 1. The molecule has 0 bridgehead atoms. The lowest BCUT2D eigenvalue weighted by molar-refractivity contribution is -0.123. The van der Waals surface area contributed by atoms with Gasteiger partial charge in [0.2, 0.25) is 5.95 Å². The number of piperidine rings is 1. The molecule has 2 saturated heterocycles. The highest BCUT2D eigenvalue weighted by molar-refractivity contribution is 5.83. The third-order valence-electron chi connectivity index (χ3n) is 5.67. The molecule has 5 heteroatoms. The quantitative estimate of drug-likeness (QED) is 0.788. The lowest BCUT2D eigenvalue weighted by Crippen LogP contribution is -2.38. The monoisotopic (exact) mass is 364 g/mol. The van der Waals surface area contributed by atoms with Gasteiger partial charge in [0.25, 0.3) is 0 Å². The summed E-state index contributed by atoms with van der Waals surface area (Å²) in [6, 6.07) is 10.1. The van der Waals surface area contributed by atoms with Crippen molar-refractivity contribution in [2.45, 2.75) is 38.6 Å². The number of hydrogen-bond acceptors (Lipinski definition) is 5. The van der Waals surface area contributed by atoms with E-state index >= 15 is 0 Å². The van der Waals surface area contributed by atoms with Gasteiger partial charge in [0.05, 0.1) is 0 Å². The summed E-state index contributed by atoms with van der Waals surface area (Å²) in [6.45, 7) is 4.85. The molecule has 1 atom stereocenters. The lowest BCUT2D eigenvalue weighted by atomic mass is 9.90. The SMILES string of the molecule is O=C(Cc1ccccc1)[C@H]1CCCN(Cc2cnc(N3CCCC3)nc2)C1. The van der Waals surface area contributed by atoms with E-state index in [0.29, 0.717) is 12.2 Å². The Morgan fingerprint density at radius 3 is 2.44 bits per heavy atom. The van der Waals surface area contributed by atoms with E-state index < -0.39 is 0 Å². The van der Waals surface area contributed by atoms with Crippen LogP contribution in [-0.4, -0.2) is 46.8 Å². The van der Waals surface area contributed by atoms with Gasteiger partial charge >= 0.3 is 0 Å². The smallest absolute Gasteiger partial charge is 0.225 e. The maximum absolute atomic E-state index is 12.7. The van der Waals surface area contributed by atoms with Gasteiger partial charge in [-0.1, -0.05) is 30.3 Å². The van der Waals surface area contributed by atoms with Crippen LogP contribution in [0.25, 0.3) is 0 Å². The molecule has 142 valence electrons. The summed E-state index contributed by atoms with van der Waals surface area (Å²) in [5.41, 5.74) is 2.25. The number of anilines is 1. The molecule has 1 aromatic heterocycles. The first-order valence-corrected chi connectivity index (χ1v) is 10.1. The molecule has 2 aromatic rings. The molecule has 4 rings (SSSR count). The predicted octanol–water partition coefficient (Wildman–Crippen LogP) is 3.10. The zero-order valence-electron chi connectivity index (χ0n) is 15.9. The molecule has 0 saturated carbocycles. The first-order chi connectivity index (χ1) is 13.3. The van der Waals surface area contributed by atoms with Crippen molar-refractivity contribution in [3.63, 3.8) is 0 Å². The van der Waals surface area contributed by atoms with Gasteiger partial charge in [0.15, 0.2) is 0 Å². The van der Waals surface area contributed by atoms with Crippen LogP contribution < -0.4 is 4.90 Å². The van der Waals surface area contributed by atoms with Crippen molar-refractivity contribution in [3.05, 3.63) is 53.9 Å². The first kappa shape index (κ1) is 18.1. The minimum atomic E-state index is 0.142. The normalized spacial score (nSPS) is 20.7. The van der Waals surface area contributed by atoms with E-state index in [-0.39, 0.29) is 5.92 Å². The predicted molar refractivity (Wildman–Crippen MR) is 107 cm³/mol. The van der Waals surface area contributed by atoms with Crippen molar-refractivity contribution >= 4 is 11.7 Å². The molecule has 27 heavy (non-hydrogen) atoms. The van der Waals surface area contributed by atoms with E-state index in [0.717, 1.165) is 62.6 Å². The second-order valence-electron chi connectivity index (χ2n) is 7.79. The zero-order valence-corrected chi connectivity index (χ0v) is 15.9. The Morgan fingerprint density at radius 2 is 1.70 bits per heavy atom. The highest BCUT2D eigenvalue weighted by atomic mass is 16.1. The second-order valence-corrected chi connectivity index (χ2v) is 7.79. The zero-order chi connectivity index (χ0) is 18.5. The van der Waals surface area contributed by atoms with Crippen molar-refractivity contribution in [2.24, 2.45) is 5.92 Å². The molecule has 0 amide bonds. The summed E-state index contributed by atoms with van der Waals surface area (Å²) in [7, 11) is 0. The fraction of sp³-hybridized carbons (Fsp3) is 0.500. The summed E-state index contributed by atoms with van der Waals surface area (Å²) >= 11 is 0. The lowest BCUT2D eigenvalue weighted by Gasteiger charge is -2.32. The molecule has 0 radical (unpaired) electrons. The van der Waals surface area contributed by atoms with Crippen molar-refractivity contribution in [1.29, 1.82) is 0 Å². The van der Waals surface area contributed by atoms with E-state index in [2.05, 4.69) is 19.8 Å². The van der Waals surface area contributed by atoms with Crippen molar-refractivity contribution < 1.29 is 4.79 Å². The maximum atomic E-state index is 12.7. The van der Waals surface area contributed by atoms with Crippen molar-refractivity contribution in [1.82, 2.24) is 14.9 Å². The van der Waals surface area contributed by atoms with Gasteiger partial charge in [-0.2, -0.15) is 0 Å². The highest BCUT2D eigenvalue weighted by Crippen LogP contribution is 2.21. The number of carbonyl (C=O) groups is 1. The minimum absolute atomic E-state index is 0.142. The maximum Gasteiger partial charge on any atom is 0.225 e. The van der Waals surface area contributed by atoms with Crippen LogP contribution >= 0.6 is 0 Å². The molecule has 3 heterocycles. The minimum Gasteiger partial charge on any atom is -0.341 e. The summed E-state index contributed by atoms with van der Waals surface area (Å²) in [4.78, 5) is 26.4. The van der Waals surface area contributed by atoms with Gasteiger partial charge in [0, 0.05) is 56.5 Å². The Labute approximate surface area is 161 Å². The Hall–Kier alpha value is -2.27. The Bertz CT molecular complexity index is 741. The van der Waals surface area contributed by atoms with Crippen LogP contribution in [0.4, 0.5) is 5.95 Å². The number of hydrogen-bond donors (Lipinski definition) is 0. The second kappa shape index (κ2) is 8.61. The molecule has 0 N–H and O–H groups in total. The number of Topliss-reactive ketones (excluding diaryl/α,β-unsaturated/α-hetero) is 1. The molecule has 0 spiro atoms. The van der Waals surface area contributed by atoms with Crippen molar-refractivity contribution in [3.8, 4) is 0 Å². The van der Waals surface area contributed by atoms with E-state index in [1.54, 1.807) is 0 Å². The fourth-order valence-electron chi connectivity index (χ4n) is 4.17. The number of nitrogens with zero attached hydrogens (tertiary/aromatic N) is 4. The number of rotatable bonds is 6. The molecule has 0 unspecified atom stereocenters. The molecular formula is C22H28N4O. The van der Waals surface area contributed by atoms with Gasteiger partial charge in [-0.3, -0.25) is 9.69 Å². The van der Waals surface area contributed by atoms with Crippen LogP contribution in [0.5, 0.6) is 0 Å². The van der Waals surface area contributed by atoms with Crippen molar-refractivity contribution in [2.75, 3.05) is 31.1 Å². The largest absolute Gasteiger partial charge is 0.341 e. The van der Waals surface area contributed by atoms with E-state index in [9.17, 15) is 4.79 Å². The summed E-state index contributed by atoms with van der Waals surface area (Å²) < 4.78 is 0. The summed E-state index contributed by atoms with van der Waals surface area (Å²) in [6.07, 6.45) is 9.01. The Balaban J connectivity index is 1.32. The van der Waals surface area contributed by atoms with Crippen LogP contribution in [0.3, 0.4) is 0 Å². The van der Waals surface area contributed by atoms with Gasteiger partial charge in [0.1, 0.15) is 5.78 Å². The number of carbonyl (C=O) groups excluding carboxylic acids is 1. The number of aromatic nitrogens is 2. The van der Waals surface area contributed by atoms with Gasteiger partial charge in [-0.15, -0.1) is 0 Å². The molecule has 0 aliphatic carbocycles. The molecule has 2 fully saturated rings. The summed E-state index contributed by atoms with van der Waals surface area (Å²) in [5.74, 6) is 1.36. The van der Waals surface area contributed by atoms with Crippen LogP contribution in [0.1, 0.15) is 36.8 Å². The van der Waals surface area contributed by atoms with E-state index in [4.69, 9.17) is 0 Å². The third-order valence-corrected chi connectivity index (χ3v) is 5.67. The Morgan fingerprint density at radius 1 is 0.963 bits per heavy atom. The van der Waals surface area contributed by atoms with E-state index in [1.165, 1.54) is 12.8 Å². The fourth-order valence-corrected chi connectivity index (χ4v) is 4.17. The third kappa shape index (κ3) is 4.72. The van der Waals surface area contributed by atoms with Crippen LogP contribution in [0.2, 0.25) is 0 Å². The van der Waals surface area contributed by atoms with Gasteiger partial charge < -0.3 is 4.90 Å².